The number of carbonyl (C=O) groups excluding carboxylic acids is 1. The van der Waals surface area contributed by atoms with Crippen molar-refractivity contribution in [1.82, 2.24) is 29.6 Å². The quantitative estimate of drug-likeness (QED) is 0.679. The van der Waals surface area contributed by atoms with Crippen molar-refractivity contribution in [1.29, 1.82) is 0 Å². The smallest absolute Gasteiger partial charge is 0.222 e. The lowest BCUT2D eigenvalue weighted by Crippen LogP contribution is -2.27. The van der Waals surface area contributed by atoms with E-state index < -0.39 is 0 Å². The van der Waals surface area contributed by atoms with E-state index in [1.807, 2.05) is 40.0 Å². The van der Waals surface area contributed by atoms with Crippen molar-refractivity contribution >= 4 is 5.91 Å². The molecule has 0 radical (unpaired) electrons. The Hall–Kier alpha value is -3.09. The number of hydrogen-bond acceptors (Lipinski definition) is 5. The molecular formula is C19H20N6O. The summed E-state index contributed by atoms with van der Waals surface area (Å²) in [6.07, 6.45) is 9.97. The zero-order valence-electron chi connectivity index (χ0n) is 14.5. The molecule has 0 bridgehead atoms. The molecule has 0 N–H and O–H groups in total. The summed E-state index contributed by atoms with van der Waals surface area (Å²) in [7, 11) is 0. The van der Waals surface area contributed by atoms with Crippen molar-refractivity contribution in [2.45, 2.75) is 25.7 Å². The average Bonchev–Trinajstić information content (AvgIpc) is 3.27. The van der Waals surface area contributed by atoms with Crippen LogP contribution in [0.2, 0.25) is 0 Å². The van der Waals surface area contributed by atoms with Gasteiger partial charge in [0.1, 0.15) is 5.82 Å². The van der Waals surface area contributed by atoms with E-state index in [2.05, 4.69) is 15.1 Å². The van der Waals surface area contributed by atoms with Crippen molar-refractivity contribution in [2.75, 3.05) is 13.1 Å². The number of likely N-dealkylation sites (tertiary alicyclic amines) is 1. The maximum Gasteiger partial charge on any atom is 0.222 e. The second-order valence-electron chi connectivity index (χ2n) is 6.33. The van der Waals surface area contributed by atoms with Gasteiger partial charge in [-0.3, -0.25) is 14.8 Å². The Morgan fingerprint density at radius 1 is 1.08 bits per heavy atom. The van der Waals surface area contributed by atoms with Gasteiger partial charge in [-0.1, -0.05) is 6.07 Å². The third-order valence-corrected chi connectivity index (χ3v) is 4.49. The van der Waals surface area contributed by atoms with E-state index in [0.29, 0.717) is 25.8 Å². The summed E-state index contributed by atoms with van der Waals surface area (Å²) in [6, 6.07) is 7.75. The van der Waals surface area contributed by atoms with E-state index in [-0.39, 0.29) is 5.91 Å². The Labute approximate surface area is 151 Å². The second kappa shape index (κ2) is 7.43. The van der Waals surface area contributed by atoms with Gasteiger partial charge in [-0.15, -0.1) is 0 Å². The van der Waals surface area contributed by atoms with Gasteiger partial charge >= 0.3 is 0 Å². The lowest BCUT2D eigenvalue weighted by molar-refractivity contribution is -0.127. The molecule has 4 rings (SSSR count). The summed E-state index contributed by atoms with van der Waals surface area (Å²) in [5.41, 5.74) is 1.99. The lowest BCUT2D eigenvalue weighted by Gasteiger charge is -2.15. The Bertz CT molecular complexity index is 878. The average molecular weight is 348 g/mol. The Morgan fingerprint density at radius 2 is 1.96 bits per heavy atom. The fourth-order valence-corrected chi connectivity index (χ4v) is 3.18. The highest BCUT2D eigenvalue weighted by molar-refractivity contribution is 5.78. The highest BCUT2D eigenvalue weighted by Crippen LogP contribution is 2.14. The summed E-state index contributed by atoms with van der Waals surface area (Å²) >= 11 is 0. The van der Waals surface area contributed by atoms with Crippen LogP contribution in [0.15, 0.2) is 49.1 Å². The number of amides is 1. The molecule has 0 aromatic carbocycles. The Morgan fingerprint density at radius 3 is 2.69 bits per heavy atom. The SMILES string of the molecule is O=C1CCCN1CCc1nc(Cc2cccnc2)nn1-c1ccncc1. The Kier molecular flexibility index (Phi) is 4.68. The van der Waals surface area contributed by atoms with Gasteiger partial charge in [0, 0.05) is 57.1 Å². The monoisotopic (exact) mass is 348 g/mol. The molecule has 1 aliphatic heterocycles. The van der Waals surface area contributed by atoms with Crippen LogP contribution in [-0.2, 0) is 17.6 Å². The van der Waals surface area contributed by atoms with Crippen LogP contribution >= 0.6 is 0 Å². The molecule has 3 aromatic heterocycles. The van der Waals surface area contributed by atoms with Gasteiger partial charge in [0.2, 0.25) is 5.91 Å². The molecule has 7 nitrogen and oxygen atoms in total. The fourth-order valence-electron chi connectivity index (χ4n) is 3.18. The van der Waals surface area contributed by atoms with Gasteiger partial charge in [-0.25, -0.2) is 9.67 Å². The first-order valence-corrected chi connectivity index (χ1v) is 8.81. The molecule has 1 saturated heterocycles. The minimum atomic E-state index is 0.232. The third-order valence-electron chi connectivity index (χ3n) is 4.49. The molecule has 1 fully saturated rings. The van der Waals surface area contributed by atoms with Crippen molar-refractivity contribution < 1.29 is 4.79 Å². The summed E-state index contributed by atoms with van der Waals surface area (Å²) < 4.78 is 1.86. The van der Waals surface area contributed by atoms with Crippen molar-refractivity contribution in [2.24, 2.45) is 0 Å². The molecule has 0 spiro atoms. The van der Waals surface area contributed by atoms with E-state index >= 15 is 0 Å². The van der Waals surface area contributed by atoms with Crippen molar-refractivity contribution in [3.05, 3.63) is 66.3 Å². The first-order valence-electron chi connectivity index (χ1n) is 8.81. The van der Waals surface area contributed by atoms with E-state index in [1.54, 1.807) is 18.6 Å². The van der Waals surface area contributed by atoms with Crippen LogP contribution in [0.3, 0.4) is 0 Å². The number of hydrogen-bond donors (Lipinski definition) is 0. The number of aromatic nitrogens is 5. The van der Waals surface area contributed by atoms with Gasteiger partial charge < -0.3 is 4.90 Å². The van der Waals surface area contributed by atoms with E-state index in [1.165, 1.54) is 0 Å². The minimum absolute atomic E-state index is 0.232. The van der Waals surface area contributed by atoms with E-state index in [0.717, 1.165) is 35.9 Å². The topological polar surface area (TPSA) is 76.8 Å². The zero-order chi connectivity index (χ0) is 17.8. The number of nitrogens with zero attached hydrogens (tertiary/aromatic N) is 6. The van der Waals surface area contributed by atoms with Gasteiger partial charge in [0.25, 0.3) is 0 Å². The molecule has 0 aliphatic carbocycles. The van der Waals surface area contributed by atoms with Gasteiger partial charge in [-0.2, -0.15) is 5.10 Å². The number of carbonyl (C=O) groups is 1. The molecule has 4 heterocycles. The molecular weight excluding hydrogens is 328 g/mol. The number of pyridine rings is 2. The first-order chi connectivity index (χ1) is 12.8. The molecule has 0 saturated carbocycles. The summed E-state index contributed by atoms with van der Waals surface area (Å²) in [5.74, 6) is 1.84. The molecule has 0 unspecified atom stereocenters. The summed E-state index contributed by atoms with van der Waals surface area (Å²) in [4.78, 5) is 26.7. The molecule has 26 heavy (non-hydrogen) atoms. The van der Waals surface area contributed by atoms with Gasteiger partial charge in [-0.05, 0) is 30.2 Å². The Balaban J connectivity index is 1.59. The van der Waals surface area contributed by atoms with Crippen LogP contribution in [0.5, 0.6) is 0 Å². The second-order valence-corrected chi connectivity index (χ2v) is 6.33. The van der Waals surface area contributed by atoms with Crippen LogP contribution < -0.4 is 0 Å². The van der Waals surface area contributed by atoms with Crippen LogP contribution in [0.25, 0.3) is 5.69 Å². The van der Waals surface area contributed by atoms with Crippen molar-refractivity contribution in [3.63, 3.8) is 0 Å². The highest BCUT2D eigenvalue weighted by Gasteiger charge is 2.21. The predicted octanol–water partition coefficient (Wildman–Crippen LogP) is 1.81. The largest absolute Gasteiger partial charge is 0.342 e. The van der Waals surface area contributed by atoms with Crippen molar-refractivity contribution in [3.8, 4) is 5.69 Å². The van der Waals surface area contributed by atoms with Crippen LogP contribution in [0.4, 0.5) is 0 Å². The lowest BCUT2D eigenvalue weighted by atomic mass is 10.2. The van der Waals surface area contributed by atoms with E-state index in [4.69, 9.17) is 4.98 Å². The standard InChI is InChI=1S/C19H20N6O/c26-19-4-2-11-24(19)12-7-18-22-17(13-15-3-1-8-21-14-15)23-25(18)16-5-9-20-10-6-16/h1,3,5-6,8-10,14H,2,4,7,11-13H2. The summed E-state index contributed by atoms with van der Waals surface area (Å²) in [5, 5.41) is 4.69. The van der Waals surface area contributed by atoms with E-state index in [9.17, 15) is 4.79 Å². The normalized spacial score (nSPS) is 14.2. The van der Waals surface area contributed by atoms with Crippen LogP contribution in [0.1, 0.15) is 30.1 Å². The maximum atomic E-state index is 11.9. The molecule has 1 amide bonds. The summed E-state index contributed by atoms with van der Waals surface area (Å²) in [6.45, 7) is 1.51. The first kappa shape index (κ1) is 16.4. The predicted molar refractivity (Wildman–Crippen MR) is 95.7 cm³/mol. The van der Waals surface area contributed by atoms with Crippen LogP contribution in [0, 0.1) is 0 Å². The molecule has 1 aliphatic rings. The minimum Gasteiger partial charge on any atom is -0.342 e. The molecule has 0 atom stereocenters. The van der Waals surface area contributed by atoms with Gasteiger partial charge in [0.15, 0.2) is 5.82 Å². The molecule has 7 heteroatoms. The maximum absolute atomic E-state index is 11.9. The number of rotatable bonds is 6. The third kappa shape index (κ3) is 3.61. The van der Waals surface area contributed by atoms with Crippen LogP contribution in [-0.4, -0.2) is 48.6 Å². The molecule has 132 valence electrons. The van der Waals surface area contributed by atoms with Gasteiger partial charge in [0.05, 0.1) is 5.69 Å². The zero-order valence-corrected chi connectivity index (χ0v) is 14.5. The highest BCUT2D eigenvalue weighted by atomic mass is 16.2. The fraction of sp³-hybridized carbons (Fsp3) is 0.316. The molecule has 3 aromatic rings.